The predicted molar refractivity (Wildman–Crippen MR) is 65.9 cm³/mol. The summed E-state index contributed by atoms with van der Waals surface area (Å²) in [6.07, 6.45) is 4.75. The number of amides is 2. The van der Waals surface area contributed by atoms with Crippen LogP contribution in [0, 0.1) is 0 Å². The molecule has 2 N–H and O–H groups in total. The molecule has 0 atom stereocenters. The number of carboxylic acid groups (broad SMARTS) is 1. The van der Waals surface area contributed by atoms with Crippen molar-refractivity contribution in [1.29, 1.82) is 0 Å². The molecular formula is C12H15N3O3. The van der Waals surface area contributed by atoms with Gasteiger partial charge in [-0.2, -0.15) is 0 Å². The molecule has 18 heavy (non-hydrogen) atoms. The van der Waals surface area contributed by atoms with Crippen LogP contribution >= 0.6 is 0 Å². The number of hydrogen-bond donors (Lipinski definition) is 2. The van der Waals surface area contributed by atoms with Crippen LogP contribution in [0.3, 0.4) is 0 Å². The Labute approximate surface area is 105 Å². The Balaban J connectivity index is 2.51. The quantitative estimate of drug-likeness (QED) is 0.733. The van der Waals surface area contributed by atoms with Crippen LogP contribution in [0.15, 0.2) is 37.2 Å². The number of hydrogen-bond acceptors (Lipinski definition) is 3. The van der Waals surface area contributed by atoms with E-state index in [1.807, 2.05) is 6.07 Å². The second-order valence-electron chi connectivity index (χ2n) is 3.58. The molecule has 1 aromatic heterocycles. The van der Waals surface area contributed by atoms with Crippen LogP contribution in [0.1, 0.15) is 5.56 Å². The summed E-state index contributed by atoms with van der Waals surface area (Å²) in [5.74, 6) is -1.06. The average molecular weight is 249 g/mol. The van der Waals surface area contributed by atoms with Crippen LogP contribution in [-0.4, -0.2) is 40.1 Å². The lowest BCUT2D eigenvalue weighted by atomic mass is 10.3. The topological polar surface area (TPSA) is 82.5 Å². The smallest absolute Gasteiger partial charge is 0.323 e. The van der Waals surface area contributed by atoms with Crippen LogP contribution in [-0.2, 0) is 11.3 Å². The van der Waals surface area contributed by atoms with Gasteiger partial charge in [0, 0.05) is 25.5 Å². The summed E-state index contributed by atoms with van der Waals surface area (Å²) >= 11 is 0. The van der Waals surface area contributed by atoms with Gasteiger partial charge in [-0.05, 0) is 11.6 Å². The maximum absolute atomic E-state index is 11.7. The molecular weight excluding hydrogens is 234 g/mol. The number of carboxylic acids is 1. The fraction of sp³-hybridized carbons (Fsp3) is 0.250. The van der Waals surface area contributed by atoms with Crippen LogP contribution in [0.2, 0.25) is 0 Å². The van der Waals surface area contributed by atoms with Gasteiger partial charge >= 0.3 is 12.0 Å². The molecule has 96 valence electrons. The van der Waals surface area contributed by atoms with Crippen LogP contribution in [0.5, 0.6) is 0 Å². The first-order valence-electron chi connectivity index (χ1n) is 5.38. The van der Waals surface area contributed by atoms with Gasteiger partial charge < -0.3 is 15.3 Å². The number of nitrogens with zero attached hydrogens (tertiary/aromatic N) is 2. The lowest BCUT2D eigenvalue weighted by Crippen LogP contribution is -2.42. The fourth-order valence-electron chi connectivity index (χ4n) is 1.33. The molecule has 1 heterocycles. The van der Waals surface area contributed by atoms with Gasteiger partial charge in [-0.3, -0.25) is 9.78 Å². The molecule has 0 aliphatic carbocycles. The van der Waals surface area contributed by atoms with Crippen molar-refractivity contribution in [1.82, 2.24) is 15.2 Å². The van der Waals surface area contributed by atoms with E-state index in [-0.39, 0.29) is 13.1 Å². The van der Waals surface area contributed by atoms with Crippen LogP contribution < -0.4 is 5.32 Å². The van der Waals surface area contributed by atoms with Gasteiger partial charge in [0.15, 0.2) is 0 Å². The van der Waals surface area contributed by atoms with E-state index < -0.39 is 12.0 Å². The maximum atomic E-state index is 11.7. The van der Waals surface area contributed by atoms with E-state index in [9.17, 15) is 9.59 Å². The van der Waals surface area contributed by atoms with Crippen molar-refractivity contribution in [2.75, 3.05) is 13.1 Å². The molecule has 1 rings (SSSR count). The highest BCUT2D eigenvalue weighted by molar-refractivity contribution is 5.80. The number of aromatic nitrogens is 1. The monoisotopic (exact) mass is 249 g/mol. The minimum absolute atomic E-state index is 0.186. The molecule has 0 aliphatic rings. The Morgan fingerprint density at radius 2 is 2.33 bits per heavy atom. The molecule has 0 saturated heterocycles. The van der Waals surface area contributed by atoms with E-state index in [1.165, 1.54) is 6.08 Å². The Kier molecular flexibility index (Phi) is 5.37. The number of carbonyl (C=O) groups excluding carboxylic acids is 1. The number of nitrogens with one attached hydrogen (secondary N) is 1. The standard InChI is InChI=1S/C12H15N3O3/c1-2-6-15(9-11(16)17)12(18)14-8-10-4-3-5-13-7-10/h2-5,7H,1,6,8-9H2,(H,14,18)(H,16,17). The van der Waals surface area contributed by atoms with E-state index in [4.69, 9.17) is 5.11 Å². The first-order valence-corrected chi connectivity index (χ1v) is 5.38. The fourth-order valence-corrected chi connectivity index (χ4v) is 1.33. The molecule has 6 nitrogen and oxygen atoms in total. The first-order chi connectivity index (χ1) is 8.63. The van der Waals surface area contributed by atoms with E-state index >= 15 is 0 Å². The highest BCUT2D eigenvalue weighted by Gasteiger charge is 2.14. The zero-order chi connectivity index (χ0) is 13.4. The zero-order valence-corrected chi connectivity index (χ0v) is 9.87. The molecule has 0 spiro atoms. The largest absolute Gasteiger partial charge is 0.480 e. The summed E-state index contributed by atoms with van der Waals surface area (Å²) in [6, 6.07) is 3.14. The second kappa shape index (κ2) is 7.05. The summed E-state index contributed by atoms with van der Waals surface area (Å²) in [4.78, 5) is 27.4. The SMILES string of the molecule is C=CCN(CC(=O)O)C(=O)NCc1cccnc1. The maximum Gasteiger partial charge on any atom is 0.323 e. The van der Waals surface area contributed by atoms with Crippen molar-refractivity contribution in [2.45, 2.75) is 6.54 Å². The number of aliphatic carboxylic acids is 1. The van der Waals surface area contributed by atoms with Gasteiger partial charge in [0.2, 0.25) is 0 Å². The third-order valence-electron chi connectivity index (χ3n) is 2.13. The summed E-state index contributed by atoms with van der Waals surface area (Å²) < 4.78 is 0. The van der Waals surface area contributed by atoms with Gasteiger partial charge in [-0.15, -0.1) is 6.58 Å². The van der Waals surface area contributed by atoms with Crippen LogP contribution in [0.4, 0.5) is 4.79 Å². The first kappa shape index (κ1) is 13.7. The number of rotatable bonds is 6. The van der Waals surface area contributed by atoms with E-state index in [1.54, 1.807) is 18.5 Å². The lowest BCUT2D eigenvalue weighted by molar-refractivity contribution is -0.137. The Bertz CT molecular complexity index is 420. The highest BCUT2D eigenvalue weighted by atomic mass is 16.4. The van der Waals surface area contributed by atoms with Gasteiger partial charge in [0.25, 0.3) is 0 Å². The summed E-state index contributed by atoms with van der Waals surface area (Å²) in [5, 5.41) is 11.3. The lowest BCUT2D eigenvalue weighted by Gasteiger charge is -2.19. The summed E-state index contributed by atoms with van der Waals surface area (Å²) in [5.41, 5.74) is 0.847. The van der Waals surface area contributed by atoms with Gasteiger partial charge in [0.05, 0.1) is 0 Å². The summed E-state index contributed by atoms with van der Waals surface area (Å²) in [7, 11) is 0. The van der Waals surface area contributed by atoms with Gasteiger partial charge in [0.1, 0.15) is 6.54 Å². The molecule has 1 aromatic rings. The van der Waals surface area contributed by atoms with Crippen molar-refractivity contribution < 1.29 is 14.7 Å². The molecule has 0 fully saturated rings. The molecule has 6 heteroatoms. The van der Waals surface area contributed by atoms with Gasteiger partial charge in [-0.1, -0.05) is 12.1 Å². The average Bonchev–Trinajstić information content (AvgIpc) is 2.36. The second-order valence-corrected chi connectivity index (χ2v) is 3.58. The number of pyridine rings is 1. The van der Waals surface area contributed by atoms with Crippen molar-refractivity contribution in [2.24, 2.45) is 0 Å². The number of urea groups is 1. The third-order valence-corrected chi connectivity index (χ3v) is 2.13. The molecule has 0 aliphatic heterocycles. The molecule has 0 bridgehead atoms. The molecule has 0 aromatic carbocycles. The number of carbonyl (C=O) groups is 2. The Hall–Kier alpha value is -2.37. The molecule has 0 saturated carbocycles. The van der Waals surface area contributed by atoms with Crippen molar-refractivity contribution in [3.63, 3.8) is 0 Å². The normalized spacial score (nSPS) is 9.56. The van der Waals surface area contributed by atoms with Crippen molar-refractivity contribution in [3.8, 4) is 0 Å². The van der Waals surface area contributed by atoms with Crippen LogP contribution in [0.25, 0.3) is 0 Å². The Morgan fingerprint density at radius 1 is 1.56 bits per heavy atom. The Morgan fingerprint density at radius 3 is 2.89 bits per heavy atom. The molecule has 2 amide bonds. The van der Waals surface area contributed by atoms with Crippen molar-refractivity contribution >= 4 is 12.0 Å². The van der Waals surface area contributed by atoms with E-state index in [0.29, 0.717) is 6.54 Å². The highest BCUT2D eigenvalue weighted by Crippen LogP contribution is 1.96. The van der Waals surface area contributed by atoms with Gasteiger partial charge in [-0.25, -0.2) is 4.79 Å². The molecule has 0 radical (unpaired) electrons. The van der Waals surface area contributed by atoms with E-state index in [0.717, 1.165) is 10.5 Å². The third kappa shape index (κ3) is 4.65. The zero-order valence-electron chi connectivity index (χ0n) is 9.87. The summed E-state index contributed by atoms with van der Waals surface area (Å²) in [6.45, 7) is 3.62. The molecule has 0 unspecified atom stereocenters. The van der Waals surface area contributed by atoms with E-state index in [2.05, 4.69) is 16.9 Å². The predicted octanol–water partition coefficient (Wildman–Crippen LogP) is 0.864. The van der Waals surface area contributed by atoms with Crippen molar-refractivity contribution in [3.05, 3.63) is 42.7 Å². The minimum Gasteiger partial charge on any atom is -0.480 e. The minimum atomic E-state index is -1.06.